The van der Waals surface area contributed by atoms with E-state index in [-0.39, 0.29) is 24.4 Å². The van der Waals surface area contributed by atoms with Crippen LogP contribution in [0.1, 0.15) is 71.1 Å². The minimum absolute atomic E-state index is 0.225. The molecule has 5 rings (SSSR count). The number of methoxy groups -OCH3 is 1. The fraction of sp³-hybridized carbons (Fsp3) is 1.00. The molecule has 2 unspecified atom stereocenters. The summed E-state index contributed by atoms with van der Waals surface area (Å²) in [6.07, 6.45) is 8.38. The molecule has 10 nitrogen and oxygen atoms in total. The van der Waals surface area contributed by atoms with E-state index < -0.39 is 24.2 Å². The molecule has 0 aromatic heterocycles. The topological polar surface area (TPSA) is 92.3 Å². The number of hydrogen-bond donors (Lipinski definition) is 0. The highest BCUT2D eigenvalue weighted by atomic mass is 16.9. The van der Waals surface area contributed by atoms with Gasteiger partial charge in [0.25, 0.3) is 0 Å². The van der Waals surface area contributed by atoms with Crippen LogP contribution in [0.2, 0.25) is 0 Å². The molecule has 5 fully saturated rings. The van der Waals surface area contributed by atoms with E-state index in [4.69, 9.17) is 47.4 Å². The second kappa shape index (κ2) is 13.3. The molecule has 214 valence electrons. The highest BCUT2D eigenvalue weighted by Gasteiger charge is 2.62. The zero-order valence-electron chi connectivity index (χ0n) is 22.6. The lowest BCUT2D eigenvalue weighted by Crippen LogP contribution is -2.47. The third-order valence-electron chi connectivity index (χ3n) is 8.10. The van der Waals surface area contributed by atoms with Crippen LogP contribution in [-0.4, -0.2) is 102 Å². The molecular formula is C27H46O10. The van der Waals surface area contributed by atoms with Gasteiger partial charge in [-0.15, -0.1) is 0 Å². The summed E-state index contributed by atoms with van der Waals surface area (Å²) < 4.78 is 60.5. The predicted octanol–water partition coefficient (Wildman–Crippen LogP) is 3.29. The Morgan fingerprint density at radius 3 is 2.08 bits per heavy atom. The van der Waals surface area contributed by atoms with Gasteiger partial charge in [0.15, 0.2) is 24.2 Å². The van der Waals surface area contributed by atoms with E-state index in [1.807, 2.05) is 6.92 Å². The molecule has 0 radical (unpaired) electrons. The molecule has 2 aliphatic carbocycles. The summed E-state index contributed by atoms with van der Waals surface area (Å²) in [5.74, 6) is -1.03. The third-order valence-corrected chi connectivity index (χ3v) is 8.10. The second-order valence-corrected chi connectivity index (χ2v) is 10.8. The molecule has 3 saturated heterocycles. The molecule has 0 amide bonds. The molecule has 0 N–H and O–H groups in total. The van der Waals surface area contributed by atoms with Crippen molar-refractivity contribution < 1.29 is 47.4 Å². The summed E-state index contributed by atoms with van der Waals surface area (Å²) in [7, 11) is 1.65. The van der Waals surface area contributed by atoms with Crippen LogP contribution < -0.4 is 0 Å². The van der Waals surface area contributed by atoms with Gasteiger partial charge in [-0.05, 0) is 32.6 Å². The highest BCUT2D eigenvalue weighted by molar-refractivity contribution is 5.01. The molecule has 6 atom stereocenters. The van der Waals surface area contributed by atoms with Gasteiger partial charge in [0.2, 0.25) is 0 Å². The molecule has 0 aromatic carbocycles. The Bertz CT molecular complexity index is 680. The van der Waals surface area contributed by atoms with Crippen LogP contribution in [0.4, 0.5) is 0 Å². The lowest BCUT2D eigenvalue weighted by Gasteiger charge is -2.36. The zero-order valence-corrected chi connectivity index (χ0v) is 22.6. The maximum absolute atomic E-state index is 6.58. The van der Waals surface area contributed by atoms with Crippen molar-refractivity contribution in [1.82, 2.24) is 0 Å². The van der Waals surface area contributed by atoms with E-state index in [1.165, 1.54) is 12.8 Å². The molecule has 5 aliphatic rings. The molecule has 3 aliphatic heterocycles. The molecule has 0 bridgehead atoms. The van der Waals surface area contributed by atoms with Crippen LogP contribution in [0.5, 0.6) is 0 Å². The van der Waals surface area contributed by atoms with Crippen LogP contribution in [0.3, 0.4) is 0 Å². The van der Waals surface area contributed by atoms with Crippen molar-refractivity contribution in [3.05, 3.63) is 0 Å². The van der Waals surface area contributed by atoms with Crippen molar-refractivity contribution >= 4 is 0 Å². The van der Waals surface area contributed by atoms with Gasteiger partial charge >= 0.3 is 0 Å². The van der Waals surface area contributed by atoms with Gasteiger partial charge in [-0.2, -0.15) is 0 Å². The largest absolute Gasteiger partial charge is 0.382 e. The molecule has 0 aromatic rings. The minimum Gasteiger partial charge on any atom is -0.382 e. The fourth-order valence-corrected chi connectivity index (χ4v) is 6.23. The highest BCUT2D eigenvalue weighted by Crippen LogP contribution is 2.48. The maximum Gasteiger partial charge on any atom is 0.190 e. The summed E-state index contributed by atoms with van der Waals surface area (Å²) in [5.41, 5.74) is 0. The van der Waals surface area contributed by atoms with E-state index in [0.29, 0.717) is 46.2 Å². The zero-order chi connectivity index (χ0) is 25.6. The fourth-order valence-electron chi connectivity index (χ4n) is 6.23. The van der Waals surface area contributed by atoms with Crippen molar-refractivity contribution in [1.29, 1.82) is 0 Å². The summed E-state index contributed by atoms with van der Waals surface area (Å²) in [5, 5.41) is 0. The minimum atomic E-state index is -0.555. The van der Waals surface area contributed by atoms with E-state index in [1.54, 1.807) is 7.11 Å². The van der Waals surface area contributed by atoms with E-state index in [9.17, 15) is 0 Å². The van der Waals surface area contributed by atoms with Crippen LogP contribution in [-0.2, 0) is 47.4 Å². The number of hydrogen-bond acceptors (Lipinski definition) is 10. The maximum atomic E-state index is 6.58. The first-order valence-electron chi connectivity index (χ1n) is 14.4. The van der Waals surface area contributed by atoms with Crippen LogP contribution in [0.25, 0.3) is 0 Å². The third kappa shape index (κ3) is 7.03. The average molecular weight is 531 g/mol. The van der Waals surface area contributed by atoms with Crippen molar-refractivity contribution in [3.8, 4) is 0 Å². The summed E-state index contributed by atoms with van der Waals surface area (Å²) in [4.78, 5) is 0. The summed E-state index contributed by atoms with van der Waals surface area (Å²) in [6, 6.07) is 0. The van der Waals surface area contributed by atoms with Crippen molar-refractivity contribution in [2.24, 2.45) is 0 Å². The summed E-state index contributed by atoms with van der Waals surface area (Å²) >= 11 is 0. The first kappa shape index (κ1) is 28.1. The Balaban J connectivity index is 1.13. The Morgan fingerprint density at radius 1 is 0.730 bits per heavy atom. The molecular weight excluding hydrogens is 484 g/mol. The lowest BCUT2D eigenvalue weighted by atomic mass is 9.94. The smallest absolute Gasteiger partial charge is 0.190 e. The monoisotopic (exact) mass is 530 g/mol. The van der Waals surface area contributed by atoms with Gasteiger partial charge in [-0.25, -0.2) is 0 Å². The Morgan fingerprint density at radius 2 is 1.38 bits per heavy atom. The standard InChI is InChI=1S/C27H46O10/c1-20(31-18-17-30-16-15-29-14-13-28-2)33-23-22(21-19-32-26(35-21)9-5-3-6-10-26)34-25-24(23)36-27(37-25)11-7-4-8-12-27/h20-25H,3-19H2,1-2H3/t20?,21?,22-,23+,24-,25-/m1/s1. The molecule has 37 heavy (non-hydrogen) atoms. The number of rotatable bonds is 13. The van der Waals surface area contributed by atoms with Gasteiger partial charge in [-0.3, -0.25) is 0 Å². The molecule has 2 spiro atoms. The van der Waals surface area contributed by atoms with Crippen LogP contribution in [0, 0.1) is 0 Å². The van der Waals surface area contributed by atoms with Crippen LogP contribution in [0.15, 0.2) is 0 Å². The first-order valence-corrected chi connectivity index (χ1v) is 14.4. The number of fused-ring (bicyclic) bond motifs is 1. The van der Waals surface area contributed by atoms with Gasteiger partial charge in [0.05, 0.1) is 46.2 Å². The SMILES string of the molecule is COCCOCCOCCOC(C)O[C@@H]1[C@H]2OC3(CCCCC3)O[C@H]2O[C@@H]1C1COC2(CCCCC2)O1. The lowest BCUT2D eigenvalue weighted by molar-refractivity contribution is -0.274. The van der Waals surface area contributed by atoms with Gasteiger partial charge in [0, 0.05) is 32.8 Å². The van der Waals surface area contributed by atoms with Crippen LogP contribution >= 0.6 is 0 Å². The Kier molecular flexibility index (Phi) is 10.1. The van der Waals surface area contributed by atoms with Gasteiger partial charge < -0.3 is 47.4 Å². The molecule has 10 heteroatoms. The van der Waals surface area contributed by atoms with E-state index in [2.05, 4.69) is 0 Å². The average Bonchev–Trinajstić information content (AvgIpc) is 3.56. The summed E-state index contributed by atoms with van der Waals surface area (Å²) in [6.45, 7) is 5.46. The van der Waals surface area contributed by atoms with Gasteiger partial charge in [-0.1, -0.05) is 12.8 Å². The van der Waals surface area contributed by atoms with Crippen molar-refractivity contribution in [2.75, 3.05) is 53.4 Å². The molecule has 3 heterocycles. The van der Waals surface area contributed by atoms with E-state index >= 15 is 0 Å². The van der Waals surface area contributed by atoms with E-state index in [0.717, 1.165) is 51.4 Å². The number of ether oxygens (including phenoxy) is 10. The second-order valence-electron chi connectivity index (χ2n) is 10.8. The Labute approximate surface area is 220 Å². The quantitative estimate of drug-likeness (QED) is 0.261. The normalized spacial score (nSPS) is 35.4. The van der Waals surface area contributed by atoms with Crippen molar-refractivity contribution in [2.45, 2.75) is 120 Å². The van der Waals surface area contributed by atoms with Crippen molar-refractivity contribution in [3.63, 3.8) is 0 Å². The van der Waals surface area contributed by atoms with Gasteiger partial charge in [0.1, 0.15) is 24.4 Å². The molecule has 2 saturated carbocycles. The Hall–Kier alpha value is -0.400. The first-order chi connectivity index (χ1) is 18.1. The predicted molar refractivity (Wildman–Crippen MR) is 131 cm³/mol.